The summed E-state index contributed by atoms with van der Waals surface area (Å²) in [6.07, 6.45) is 0. The van der Waals surface area contributed by atoms with E-state index < -0.39 is 17.5 Å². The Hall–Kier alpha value is -2.34. The average molecular weight is 318 g/mol. The van der Waals surface area contributed by atoms with E-state index in [2.05, 4.69) is 4.98 Å². The van der Waals surface area contributed by atoms with Crippen molar-refractivity contribution < 1.29 is 13.6 Å². The number of benzene rings is 2. The van der Waals surface area contributed by atoms with Gasteiger partial charge in [0, 0.05) is 12.1 Å². The van der Waals surface area contributed by atoms with Crippen LogP contribution in [0.1, 0.15) is 17.3 Å². The predicted molar refractivity (Wildman–Crippen MR) is 83.3 cm³/mol. The first-order valence-electron chi connectivity index (χ1n) is 6.72. The molecule has 0 saturated carbocycles. The van der Waals surface area contributed by atoms with Gasteiger partial charge >= 0.3 is 0 Å². The molecule has 112 valence electrons. The summed E-state index contributed by atoms with van der Waals surface area (Å²) < 4.78 is 27.3. The van der Waals surface area contributed by atoms with E-state index >= 15 is 0 Å². The molecule has 0 atom stereocenters. The van der Waals surface area contributed by atoms with E-state index in [-0.39, 0.29) is 5.56 Å². The molecule has 0 aliphatic heterocycles. The maximum atomic E-state index is 13.3. The second kappa shape index (κ2) is 5.81. The summed E-state index contributed by atoms with van der Waals surface area (Å²) in [5, 5.41) is 0.540. The number of fused-ring (bicyclic) bond motifs is 1. The van der Waals surface area contributed by atoms with Crippen LogP contribution in [0.4, 0.5) is 13.9 Å². The van der Waals surface area contributed by atoms with Crippen LogP contribution in [-0.2, 0) is 0 Å². The molecule has 0 aliphatic carbocycles. The van der Waals surface area contributed by atoms with Crippen LogP contribution in [0, 0.1) is 11.6 Å². The van der Waals surface area contributed by atoms with Gasteiger partial charge in [-0.2, -0.15) is 0 Å². The zero-order chi connectivity index (χ0) is 15.7. The van der Waals surface area contributed by atoms with E-state index in [0.717, 1.165) is 22.3 Å². The molecule has 3 rings (SSSR count). The number of rotatable bonds is 3. The van der Waals surface area contributed by atoms with E-state index in [9.17, 15) is 13.6 Å². The van der Waals surface area contributed by atoms with Crippen molar-refractivity contribution in [2.24, 2.45) is 0 Å². The van der Waals surface area contributed by atoms with Crippen LogP contribution in [0.2, 0.25) is 0 Å². The van der Waals surface area contributed by atoms with Crippen molar-refractivity contribution in [2.75, 3.05) is 11.4 Å². The van der Waals surface area contributed by atoms with Crippen LogP contribution in [0.25, 0.3) is 10.2 Å². The summed E-state index contributed by atoms with van der Waals surface area (Å²) in [4.78, 5) is 18.4. The number of thiazole rings is 1. The standard InChI is InChI=1S/C16H12F2N2OS/c1-2-20(15(21)10-7-8-11(17)12(18)9-10)16-19-13-5-3-4-6-14(13)22-16/h3-9H,2H2,1H3. The minimum absolute atomic E-state index is 0.0972. The van der Waals surface area contributed by atoms with Crippen LogP contribution < -0.4 is 4.90 Å². The highest BCUT2D eigenvalue weighted by Crippen LogP contribution is 2.29. The second-order valence-corrected chi connectivity index (χ2v) is 5.65. The largest absolute Gasteiger partial charge is 0.284 e. The van der Waals surface area contributed by atoms with E-state index in [1.165, 1.54) is 22.3 Å². The van der Waals surface area contributed by atoms with Gasteiger partial charge in [0.1, 0.15) is 0 Å². The van der Waals surface area contributed by atoms with Crippen LogP contribution in [0.3, 0.4) is 0 Å². The highest BCUT2D eigenvalue weighted by atomic mass is 32.1. The average Bonchev–Trinajstić information content (AvgIpc) is 2.94. The molecule has 1 aromatic heterocycles. The van der Waals surface area contributed by atoms with Crippen molar-refractivity contribution in [2.45, 2.75) is 6.92 Å². The van der Waals surface area contributed by atoms with Gasteiger partial charge in [0.2, 0.25) is 0 Å². The Balaban J connectivity index is 1.99. The molecule has 0 radical (unpaired) electrons. The molecule has 0 unspecified atom stereocenters. The number of halogens is 2. The monoisotopic (exact) mass is 318 g/mol. The summed E-state index contributed by atoms with van der Waals surface area (Å²) in [5.41, 5.74) is 0.902. The lowest BCUT2D eigenvalue weighted by molar-refractivity contribution is 0.0988. The summed E-state index contributed by atoms with van der Waals surface area (Å²) in [7, 11) is 0. The number of hydrogen-bond acceptors (Lipinski definition) is 3. The molecule has 0 saturated heterocycles. The number of aromatic nitrogens is 1. The molecule has 1 amide bonds. The fourth-order valence-electron chi connectivity index (χ4n) is 2.13. The Morgan fingerprint density at radius 1 is 1.18 bits per heavy atom. The Bertz CT molecular complexity index is 814. The van der Waals surface area contributed by atoms with Gasteiger partial charge in [0.15, 0.2) is 16.8 Å². The number of carbonyl (C=O) groups is 1. The number of hydrogen-bond donors (Lipinski definition) is 0. The molecular weight excluding hydrogens is 306 g/mol. The molecule has 1 heterocycles. The molecule has 0 bridgehead atoms. The molecule has 0 fully saturated rings. The Morgan fingerprint density at radius 3 is 2.64 bits per heavy atom. The van der Waals surface area contributed by atoms with Crippen molar-refractivity contribution in [3.05, 3.63) is 59.7 Å². The first kappa shape index (κ1) is 14.6. The molecule has 6 heteroatoms. The molecule has 0 spiro atoms. The maximum Gasteiger partial charge on any atom is 0.260 e. The smallest absolute Gasteiger partial charge is 0.260 e. The normalized spacial score (nSPS) is 10.9. The molecule has 0 N–H and O–H groups in total. The Labute approximate surface area is 129 Å². The zero-order valence-electron chi connectivity index (χ0n) is 11.7. The third-order valence-corrected chi connectivity index (χ3v) is 4.30. The van der Waals surface area contributed by atoms with Crippen molar-refractivity contribution in [1.29, 1.82) is 0 Å². The van der Waals surface area contributed by atoms with Gasteiger partial charge in [-0.25, -0.2) is 13.8 Å². The number of carbonyl (C=O) groups excluding carboxylic acids is 1. The molecule has 22 heavy (non-hydrogen) atoms. The molecule has 2 aromatic carbocycles. The molecule has 3 nitrogen and oxygen atoms in total. The lowest BCUT2D eigenvalue weighted by Gasteiger charge is -2.17. The zero-order valence-corrected chi connectivity index (χ0v) is 12.5. The summed E-state index contributed by atoms with van der Waals surface area (Å²) in [5.74, 6) is -2.41. The second-order valence-electron chi connectivity index (χ2n) is 4.64. The minimum atomic E-state index is -1.04. The minimum Gasteiger partial charge on any atom is -0.284 e. The maximum absolute atomic E-state index is 13.3. The lowest BCUT2D eigenvalue weighted by Crippen LogP contribution is -2.30. The fourth-order valence-corrected chi connectivity index (χ4v) is 3.15. The van der Waals surface area contributed by atoms with Gasteiger partial charge in [-0.05, 0) is 37.3 Å². The Kier molecular flexibility index (Phi) is 3.85. The van der Waals surface area contributed by atoms with Gasteiger partial charge < -0.3 is 0 Å². The number of nitrogens with zero attached hydrogens (tertiary/aromatic N) is 2. The highest BCUT2D eigenvalue weighted by molar-refractivity contribution is 7.22. The summed E-state index contributed by atoms with van der Waals surface area (Å²) in [6.45, 7) is 2.20. The van der Waals surface area contributed by atoms with Gasteiger partial charge in [-0.3, -0.25) is 9.69 Å². The third-order valence-electron chi connectivity index (χ3n) is 3.24. The van der Waals surface area contributed by atoms with E-state index in [4.69, 9.17) is 0 Å². The van der Waals surface area contributed by atoms with E-state index in [1.807, 2.05) is 31.2 Å². The Morgan fingerprint density at radius 2 is 1.95 bits per heavy atom. The SMILES string of the molecule is CCN(C(=O)c1ccc(F)c(F)c1)c1nc2ccccc2s1. The summed E-state index contributed by atoms with van der Waals surface area (Å²) in [6, 6.07) is 10.7. The fraction of sp³-hybridized carbons (Fsp3) is 0.125. The number of amides is 1. The number of anilines is 1. The van der Waals surface area contributed by atoms with E-state index in [1.54, 1.807) is 0 Å². The first-order chi connectivity index (χ1) is 10.6. The van der Waals surface area contributed by atoms with Crippen LogP contribution in [-0.4, -0.2) is 17.4 Å². The highest BCUT2D eigenvalue weighted by Gasteiger charge is 2.20. The predicted octanol–water partition coefficient (Wildman–Crippen LogP) is 4.24. The molecule has 0 aliphatic rings. The van der Waals surface area contributed by atoms with Crippen LogP contribution >= 0.6 is 11.3 Å². The topological polar surface area (TPSA) is 33.2 Å². The van der Waals surface area contributed by atoms with Crippen molar-refractivity contribution >= 4 is 32.6 Å². The first-order valence-corrected chi connectivity index (χ1v) is 7.54. The molecule has 3 aromatic rings. The van der Waals surface area contributed by atoms with Crippen molar-refractivity contribution in [1.82, 2.24) is 4.98 Å². The van der Waals surface area contributed by atoms with Gasteiger partial charge in [-0.1, -0.05) is 23.5 Å². The van der Waals surface area contributed by atoms with Crippen molar-refractivity contribution in [3.8, 4) is 0 Å². The number of para-hydroxylation sites is 1. The van der Waals surface area contributed by atoms with Crippen LogP contribution in [0.5, 0.6) is 0 Å². The molecular formula is C16H12F2N2OS. The quantitative estimate of drug-likeness (QED) is 0.723. The van der Waals surface area contributed by atoms with Crippen molar-refractivity contribution in [3.63, 3.8) is 0 Å². The van der Waals surface area contributed by atoms with E-state index in [0.29, 0.717) is 11.7 Å². The lowest BCUT2D eigenvalue weighted by atomic mass is 10.2. The third kappa shape index (κ3) is 2.57. The van der Waals surface area contributed by atoms with Gasteiger partial charge in [-0.15, -0.1) is 0 Å². The van der Waals surface area contributed by atoms with Gasteiger partial charge in [0.05, 0.1) is 10.2 Å². The summed E-state index contributed by atoms with van der Waals surface area (Å²) >= 11 is 1.39. The van der Waals surface area contributed by atoms with Gasteiger partial charge in [0.25, 0.3) is 5.91 Å². The van der Waals surface area contributed by atoms with Crippen LogP contribution in [0.15, 0.2) is 42.5 Å².